The van der Waals surface area contributed by atoms with Gasteiger partial charge in [-0.05, 0) is 38.3 Å². The predicted molar refractivity (Wildman–Crippen MR) is 74.0 cm³/mol. The van der Waals surface area contributed by atoms with Crippen LogP contribution in [0.5, 0.6) is 0 Å². The molecule has 104 valence electrons. The summed E-state index contributed by atoms with van der Waals surface area (Å²) in [5.74, 6) is 0.270. The van der Waals surface area contributed by atoms with E-state index >= 15 is 0 Å². The van der Waals surface area contributed by atoms with Crippen molar-refractivity contribution in [2.75, 3.05) is 18.9 Å². The third-order valence-corrected chi connectivity index (χ3v) is 3.38. The van der Waals surface area contributed by atoms with Crippen LogP contribution in [0.2, 0.25) is 0 Å². The third-order valence-electron chi connectivity index (χ3n) is 3.38. The fraction of sp³-hybridized carbons (Fsp3) is 0.571. The second-order valence-corrected chi connectivity index (χ2v) is 5.30. The van der Waals surface area contributed by atoms with Crippen LogP contribution in [0, 0.1) is 0 Å². The quantitative estimate of drug-likeness (QED) is 0.867. The Hall–Kier alpha value is -1.62. The van der Waals surface area contributed by atoms with Crippen molar-refractivity contribution in [3.05, 3.63) is 23.4 Å². The first-order valence-electron chi connectivity index (χ1n) is 6.69. The van der Waals surface area contributed by atoms with Crippen LogP contribution in [0.1, 0.15) is 42.7 Å². The van der Waals surface area contributed by atoms with Crippen molar-refractivity contribution in [1.29, 1.82) is 0 Å². The monoisotopic (exact) mass is 263 g/mol. The molecule has 19 heavy (non-hydrogen) atoms. The van der Waals surface area contributed by atoms with E-state index < -0.39 is 0 Å². The number of aromatic nitrogens is 1. The molecule has 1 aromatic rings. The number of carbonyl (C=O) groups is 1. The molecule has 0 saturated carbocycles. The standard InChI is InChI=1S/C14H21N3O2/c1-3-11-7-10(8-12(15)16-11)13(18)17-14(2)5-4-6-19-9-14/h7-8H,3-6,9H2,1-2H3,(H2,15,16)(H,17,18). The maximum Gasteiger partial charge on any atom is 0.251 e. The molecule has 0 bridgehead atoms. The molecule has 5 heteroatoms. The molecule has 1 amide bonds. The highest BCUT2D eigenvalue weighted by Crippen LogP contribution is 2.19. The van der Waals surface area contributed by atoms with Crippen molar-refractivity contribution in [3.63, 3.8) is 0 Å². The summed E-state index contributed by atoms with van der Waals surface area (Å²) in [5.41, 5.74) is 6.83. The lowest BCUT2D eigenvalue weighted by molar-refractivity contribution is 0.0272. The van der Waals surface area contributed by atoms with E-state index in [2.05, 4.69) is 10.3 Å². The number of carbonyl (C=O) groups excluding carboxylic acids is 1. The molecule has 1 unspecified atom stereocenters. The Balaban J connectivity index is 2.13. The van der Waals surface area contributed by atoms with Gasteiger partial charge in [-0.1, -0.05) is 6.92 Å². The minimum atomic E-state index is -0.292. The number of aryl methyl sites for hydroxylation is 1. The van der Waals surface area contributed by atoms with Crippen LogP contribution in [0.25, 0.3) is 0 Å². The van der Waals surface area contributed by atoms with E-state index in [1.807, 2.05) is 13.8 Å². The molecule has 1 fully saturated rings. The molecule has 2 heterocycles. The lowest BCUT2D eigenvalue weighted by atomic mass is 9.94. The summed E-state index contributed by atoms with van der Waals surface area (Å²) >= 11 is 0. The molecule has 1 aliphatic rings. The number of anilines is 1. The number of rotatable bonds is 3. The number of nitrogens with two attached hydrogens (primary N) is 1. The second kappa shape index (κ2) is 5.57. The molecular weight excluding hydrogens is 242 g/mol. The van der Waals surface area contributed by atoms with E-state index in [0.717, 1.165) is 31.6 Å². The van der Waals surface area contributed by atoms with Crippen LogP contribution < -0.4 is 11.1 Å². The molecule has 0 aromatic carbocycles. The van der Waals surface area contributed by atoms with Gasteiger partial charge >= 0.3 is 0 Å². The maximum atomic E-state index is 12.3. The molecule has 1 aromatic heterocycles. The highest BCUT2D eigenvalue weighted by molar-refractivity contribution is 5.95. The first-order chi connectivity index (χ1) is 9.02. The number of hydrogen-bond donors (Lipinski definition) is 2. The van der Waals surface area contributed by atoms with Crippen molar-refractivity contribution in [3.8, 4) is 0 Å². The summed E-state index contributed by atoms with van der Waals surface area (Å²) in [5, 5.41) is 3.04. The maximum absolute atomic E-state index is 12.3. The largest absolute Gasteiger partial charge is 0.384 e. The van der Waals surface area contributed by atoms with Gasteiger partial charge in [0.25, 0.3) is 5.91 Å². The van der Waals surface area contributed by atoms with Crippen LogP contribution in [0.4, 0.5) is 5.82 Å². The van der Waals surface area contributed by atoms with Gasteiger partial charge in [-0.3, -0.25) is 4.79 Å². The van der Waals surface area contributed by atoms with Gasteiger partial charge in [0.15, 0.2) is 0 Å². The van der Waals surface area contributed by atoms with E-state index in [9.17, 15) is 4.79 Å². The lowest BCUT2D eigenvalue weighted by Gasteiger charge is -2.34. The molecular formula is C14H21N3O2. The van der Waals surface area contributed by atoms with Crippen molar-refractivity contribution < 1.29 is 9.53 Å². The first-order valence-corrected chi connectivity index (χ1v) is 6.69. The normalized spacial score (nSPS) is 23.1. The third kappa shape index (κ3) is 3.44. The highest BCUT2D eigenvalue weighted by Gasteiger charge is 2.29. The zero-order chi connectivity index (χ0) is 13.9. The fourth-order valence-corrected chi connectivity index (χ4v) is 2.30. The smallest absolute Gasteiger partial charge is 0.251 e. The average molecular weight is 263 g/mol. The molecule has 1 aliphatic heterocycles. The van der Waals surface area contributed by atoms with Crippen LogP contribution >= 0.6 is 0 Å². The van der Waals surface area contributed by atoms with Crippen molar-refractivity contribution in [2.45, 2.75) is 38.6 Å². The number of hydrogen-bond acceptors (Lipinski definition) is 4. The summed E-state index contributed by atoms with van der Waals surface area (Å²) < 4.78 is 5.44. The second-order valence-electron chi connectivity index (χ2n) is 5.30. The Morgan fingerprint density at radius 3 is 3.00 bits per heavy atom. The van der Waals surface area contributed by atoms with Crippen LogP contribution in [0.3, 0.4) is 0 Å². The van der Waals surface area contributed by atoms with E-state index in [4.69, 9.17) is 10.5 Å². The summed E-state index contributed by atoms with van der Waals surface area (Å²) in [4.78, 5) is 16.5. The zero-order valence-electron chi connectivity index (χ0n) is 11.5. The number of ether oxygens (including phenoxy) is 1. The van der Waals surface area contributed by atoms with E-state index in [1.54, 1.807) is 12.1 Å². The first kappa shape index (κ1) is 13.8. The number of amides is 1. The van der Waals surface area contributed by atoms with Crippen LogP contribution in [-0.4, -0.2) is 29.6 Å². The minimum Gasteiger partial charge on any atom is -0.384 e. The van der Waals surface area contributed by atoms with Gasteiger partial charge in [-0.2, -0.15) is 0 Å². The van der Waals surface area contributed by atoms with E-state index in [1.165, 1.54) is 0 Å². The fourth-order valence-electron chi connectivity index (χ4n) is 2.30. The highest BCUT2D eigenvalue weighted by atomic mass is 16.5. The molecule has 0 radical (unpaired) electrons. The van der Waals surface area contributed by atoms with Gasteiger partial charge in [-0.15, -0.1) is 0 Å². The Morgan fingerprint density at radius 2 is 2.37 bits per heavy atom. The number of pyridine rings is 1. The Labute approximate surface area is 113 Å². The topological polar surface area (TPSA) is 77.2 Å². The van der Waals surface area contributed by atoms with Gasteiger partial charge in [0.1, 0.15) is 5.82 Å². The summed E-state index contributed by atoms with van der Waals surface area (Å²) in [6.45, 7) is 5.32. The van der Waals surface area contributed by atoms with Crippen molar-refractivity contribution in [1.82, 2.24) is 10.3 Å². The molecule has 5 nitrogen and oxygen atoms in total. The van der Waals surface area contributed by atoms with Gasteiger partial charge in [0.2, 0.25) is 0 Å². The van der Waals surface area contributed by atoms with Crippen LogP contribution in [-0.2, 0) is 11.2 Å². The average Bonchev–Trinajstić information content (AvgIpc) is 2.38. The summed E-state index contributed by atoms with van der Waals surface area (Å²) in [7, 11) is 0. The molecule has 0 spiro atoms. The Kier molecular flexibility index (Phi) is 4.04. The van der Waals surface area contributed by atoms with Gasteiger partial charge < -0.3 is 15.8 Å². The zero-order valence-corrected chi connectivity index (χ0v) is 11.5. The number of nitrogens with one attached hydrogen (secondary N) is 1. The number of nitrogen functional groups attached to an aromatic ring is 1. The number of nitrogens with zero attached hydrogens (tertiary/aromatic N) is 1. The van der Waals surface area contributed by atoms with Gasteiger partial charge in [0, 0.05) is 17.9 Å². The van der Waals surface area contributed by atoms with E-state index in [-0.39, 0.29) is 11.4 Å². The predicted octanol–water partition coefficient (Wildman–Crippen LogP) is 1.53. The van der Waals surface area contributed by atoms with Gasteiger partial charge in [-0.25, -0.2) is 4.98 Å². The van der Waals surface area contributed by atoms with Crippen LogP contribution in [0.15, 0.2) is 12.1 Å². The van der Waals surface area contributed by atoms with Crippen molar-refractivity contribution in [2.24, 2.45) is 0 Å². The SMILES string of the molecule is CCc1cc(C(=O)NC2(C)CCCOC2)cc(N)n1. The molecule has 0 aliphatic carbocycles. The van der Waals surface area contributed by atoms with Crippen molar-refractivity contribution >= 4 is 11.7 Å². The molecule has 1 saturated heterocycles. The van der Waals surface area contributed by atoms with Gasteiger partial charge in [0.05, 0.1) is 12.1 Å². The van der Waals surface area contributed by atoms with E-state index in [0.29, 0.717) is 18.0 Å². The Bertz CT molecular complexity index is 468. The summed E-state index contributed by atoms with van der Waals surface area (Å²) in [6, 6.07) is 3.40. The minimum absolute atomic E-state index is 0.114. The molecule has 1 atom stereocenters. The Morgan fingerprint density at radius 1 is 1.58 bits per heavy atom. The lowest BCUT2D eigenvalue weighted by Crippen LogP contribution is -2.51. The molecule has 2 rings (SSSR count). The molecule has 3 N–H and O–H groups in total. The summed E-state index contributed by atoms with van der Waals surface area (Å²) in [6.07, 6.45) is 2.65.